The number of halogens is 1. The van der Waals surface area contributed by atoms with Gasteiger partial charge in [-0.3, -0.25) is 14.5 Å². The van der Waals surface area contributed by atoms with E-state index in [0.29, 0.717) is 55.8 Å². The van der Waals surface area contributed by atoms with E-state index in [2.05, 4.69) is 17.1 Å². The molecule has 1 aromatic heterocycles. The third kappa shape index (κ3) is 6.79. The van der Waals surface area contributed by atoms with E-state index in [4.69, 9.17) is 30.5 Å². The number of unbranched alkanes of at least 4 members (excludes halogenated alkanes) is 1. The monoisotopic (exact) mass is 681 g/mol. The van der Waals surface area contributed by atoms with E-state index in [-0.39, 0.29) is 16.5 Å². The Morgan fingerprint density at radius 3 is 2.33 bits per heavy atom. The molecule has 46 heavy (non-hydrogen) atoms. The average Bonchev–Trinajstić information content (AvgIpc) is 3.65. The molecule has 4 aromatic rings. The van der Waals surface area contributed by atoms with Gasteiger partial charge in [0.15, 0.2) is 15.8 Å². The minimum absolute atomic E-state index is 0.126. The molecule has 0 spiro atoms. The van der Waals surface area contributed by atoms with Crippen molar-refractivity contribution in [2.45, 2.75) is 35.9 Å². The number of aromatic nitrogens is 2. The van der Waals surface area contributed by atoms with Crippen LogP contribution < -0.4 is 23.8 Å². The van der Waals surface area contributed by atoms with Crippen molar-refractivity contribution in [2.75, 3.05) is 32.8 Å². The second-order valence-corrected chi connectivity index (χ2v) is 12.7. The molecule has 10 nitrogen and oxygen atoms in total. The summed E-state index contributed by atoms with van der Waals surface area (Å²) in [4.78, 5) is 28.7. The molecule has 1 N–H and O–H groups in total. The third-order valence-electron chi connectivity index (χ3n) is 7.25. The van der Waals surface area contributed by atoms with Gasteiger partial charge in [0, 0.05) is 16.3 Å². The zero-order valence-corrected chi connectivity index (χ0v) is 28.0. The van der Waals surface area contributed by atoms with E-state index in [9.17, 15) is 14.7 Å². The number of carbonyl (C=O) groups is 2. The Labute approximate surface area is 279 Å². The Hall–Kier alpha value is -4.26. The molecule has 13 heteroatoms. The van der Waals surface area contributed by atoms with Crippen LogP contribution in [0.5, 0.6) is 23.0 Å². The third-order valence-corrected chi connectivity index (χ3v) is 9.73. The smallest absolute Gasteiger partial charge is 0.301 e. The van der Waals surface area contributed by atoms with Crippen LogP contribution in [-0.4, -0.2) is 54.9 Å². The molecule has 1 amide bonds. The Morgan fingerprint density at radius 1 is 1.00 bits per heavy atom. The lowest BCUT2D eigenvalue weighted by molar-refractivity contribution is -0.132. The Morgan fingerprint density at radius 2 is 1.70 bits per heavy atom. The molecule has 0 unspecified atom stereocenters. The summed E-state index contributed by atoms with van der Waals surface area (Å²) in [5, 5.41) is 21.0. The number of methoxy groups -OCH3 is 3. The number of anilines is 1. The number of rotatable bonds is 13. The van der Waals surface area contributed by atoms with E-state index < -0.39 is 17.7 Å². The number of aliphatic hydroxyl groups is 1. The quantitative estimate of drug-likeness (QED) is 0.0384. The number of hydrogen-bond donors (Lipinski definition) is 1. The van der Waals surface area contributed by atoms with Crippen LogP contribution in [0.3, 0.4) is 0 Å². The van der Waals surface area contributed by atoms with Crippen molar-refractivity contribution in [3.63, 3.8) is 0 Å². The average molecular weight is 682 g/mol. The molecular formula is C33H32ClN3O7S2. The van der Waals surface area contributed by atoms with Gasteiger partial charge in [-0.15, -0.1) is 10.2 Å². The first-order valence-electron chi connectivity index (χ1n) is 14.3. The van der Waals surface area contributed by atoms with Gasteiger partial charge in [0.1, 0.15) is 11.5 Å². The summed E-state index contributed by atoms with van der Waals surface area (Å²) in [7, 11) is 4.41. The number of amides is 1. The van der Waals surface area contributed by atoms with Crippen LogP contribution in [0.4, 0.5) is 5.13 Å². The summed E-state index contributed by atoms with van der Waals surface area (Å²) in [5.41, 5.74) is 1.56. The Bertz CT molecular complexity index is 1740. The van der Waals surface area contributed by atoms with Gasteiger partial charge in [-0.05, 0) is 60.0 Å². The highest BCUT2D eigenvalue weighted by Crippen LogP contribution is 2.48. The van der Waals surface area contributed by atoms with E-state index in [1.165, 1.54) is 38.0 Å². The van der Waals surface area contributed by atoms with Crippen molar-refractivity contribution in [1.82, 2.24) is 10.2 Å². The molecule has 0 aliphatic carbocycles. The molecule has 0 saturated carbocycles. The van der Waals surface area contributed by atoms with Crippen LogP contribution in [0.25, 0.3) is 5.76 Å². The first-order valence-corrected chi connectivity index (χ1v) is 16.5. The molecule has 5 rings (SSSR count). The summed E-state index contributed by atoms with van der Waals surface area (Å²) in [5.74, 6) is 0.0206. The number of carbonyl (C=O) groups excluding carboxylic acids is 2. The molecule has 1 atom stereocenters. The molecule has 1 aliphatic heterocycles. The maximum absolute atomic E-state index is 13.7. The van der Waals surface area contributed by atoms with Gasteiger partial charge >= 0.3 is 5.91 Å². The van der Waals surface area contributed by atoms with Gasteiger partial charge in [-0.2, -0.15) is 0 Å². The highest BCUT2D eigenvalue weighted by molar-refractivity contribution is 8.00. The van der Waals surface area contributed by atoms with Gasteiger partial charge < -0.3 is 24.1 Å². The molecule has 0 bridgehead atoms. The summed E-state index contributed by atoms with van der Waals surface area (Å²) >= 11 is 8.88. The first kappa shape index (κ1) is 33.1. The van der Waals surface area contributed by atoms with Gasteiger partial charge in [-0.25, -0.2) is 0 Å². The fourth-order valence-electron chi connectivity index (χ4n) is 4.92. The van der Waals surface area contributed by atoms with Crippen molar-refractivity contribution in [3.8, 4) is 23.0 Å². The number of nitrogens with zero attached hydrogens (tertiary/aromatic N) is 3. The molecule has 0 radical (unpaired) electrons. The fraction of sp³-hybridized carbons (Fsp3) is 0.273. The normalized spacial score (nSPS) is 15.7. The number of aliphatic hydroxyl groups excluding tert-OH is 1. The summed E-state index contributed by atoms with van der Waals surface area (Å²) < 4.78 is 22.9. The minimum Gasteiger partial charge on any atom is -0.507 e. The summed E-state index contributed by atoms with van der Waals surface area (Å²) in [6.07, 6.45) is 1.90. The SMILES string of the molecule is CCCCOc1ccc(C(O)=C2C(=O)C(=O)N(c3nnc(SCc4ccccc4Cl)s3)[C@H]2c2cc(OC)c(OC)c(OC)c2)cc1. The van der Waals surface area contributed by atoms with Crippen LogP contribution in [0.1, 0.15) is 42.5 Å². The maximum atomic E-state index is 13.7. The second kappa shape index (κ2) is 14.9. The fourth-order valence-corrected chi connectivity index (χ4v) is 7.07. The summed E-state index contributed by atoms with van der Waals surface area (Å²) in [6.45, 7) is 2.64. The van der Waals surface area contributed by atoms with Gasteiger partial charge in [0.25, 0.3) is 5.78 Å². The van der Waals surface area contributed by atoms with Crippen LogP contribution in [0.15, 0.2) is 70.6 Å². The number of thioether (sulfide) groups is 1. The molecule has 1 fully saturated rings. The number of hydrogen-bond acceptors (Lipinski definition) is 11. The summed E-state index contributed by atoms with van der Waals surface area (Å²) in [6, 6.07) is 16.4. The van der Waals surface area contributed by atoms with Crippen LogP contribution in [0.2, 0.25) is 5.02 Å². The lowest BCUT2D eigenvalue weighted by Crippen LogP contribution is -2.29. The minimum atomic E-state index is -1.09. The van der Waals surface area contributed by atoms with Crippen LogP contribution in [-0.2, 0) is 15.3 Å². The number of benzene rings is 3. The van der Waals surface area contributed by atoms with E-state index in [1.807, 2.05) is 24.3 Å². The largest absolute Gasteiger partial charge is 0.507 e. The maximum Gasteiger partial charge on any atom is 0.301 e. The van der Waals surface area contributed by atoms with Crippen molar-refractivity contribution in [1.29, 1.82) is 0 Å². The van der Waals surface area contributed by atoms with Gasteiger partial charge in [-0.1, -0.05) is 66.2 Å². The van der Waals surface area contributed by atoms with Gasteiger partial charge in [0.2, 0.25) is 10.9 Å². The number of ketones is 1. The Balaban J connectivity index is 1.58. The predicted molar refractivity (Wildman–Crippen MR) is 179 cm³/mol. The lowest BCUT2D eigenvalue weighted by atomic mass is 9.94. The lowest BCUT2D eigenvalue weighted by Gasteiger charge is -2.24. The second-order valence-electron chi connectivity index (χ2n) is 10.1. The topological polar surface area (TPSA) is 120 Å². The van der Waals surface area contributed by atoms with Crippen molar-refractivity contribution in [3.05, 3.63) is 87.9 Å². The predicted octanol–water partition coefficient (Wildman–Crippen LogP) is 7.31. The molecule has 1 saturated heterocycles. The standard InChI is InChI=1S/C33H32ClN3O7S2/c1-5-6-15-44-22-13-11-19(12-14-22)28(38)26-27(21-16-24(41-2)30(43-4)25(17-21)42-3)37(31(40)29(26)39)32-35-36-33(46-32)45-18-20-9-7-8-10-23(20)34/h7-14,16-17,27,38H,5-6,15,18H2,1-4H3/t27-/m0/s1. The van der Waals surface area contributed by atoms with E-state index in [0.717, 1.165) is 29.7 Å². The first-order chi connectivity index (χ1) is 22.3. The highest BCUT2D eigenvalue weighted by Gasteiger charge is 2.49. The number of Topliss-reactive ketones (excluding diaryl/α,β-unsaturated/α-hetero) is 1. The molecule has 2 heterocycles. The number of ether oxygens (including phenoxy) is 4. The molecule has 3 aromatic carbocycles. The van der Waals surface area contributed by atoms with Crippen molar-refractivity contribution < 1.29 is 33.6 Å². The van der Waals surface area contributed by atoms with Crippen molar-refractivity contribution in [2.24, 2.45) is 0 Å². The van der Waals surface area contributed by atoms with Crippen molar-refractivity contribution >= 4 is 57.3 Å². The van der Waals surface area contributed by atoms with E-state index >= 15 is 0 Å². The van der Waals surface area contributed by atoms with Crippen LogP contribution in [0, 0.1) is 0 Å². The Kier molecular flexibility index (Phi) is 10.7. The molecular weight excluding hydrogens is 650 g/mol. The van der Waals surface area contributed by atoms with Gasteiger partial charge in [0.05, 0.1) is 39.6 Å². The zero-order chi connectivity index (χ0) is 32.8. The molecule has 1 aliphatic rings. The van der Waals surface area contributed by atoms with E-state index in [1.54, 1.807) is 36.4 Å². The molecule has 240 valence electrons. The zero-order valence-electron chi connectivity index (χ0n) is 25.6. The van der Waals surface area contributed by atoms with Crippen LogP contribution >= 0.6 is 34.7 Å². The highest BCUT2D eigenvalue weighted by atomic mass is 35.5.